The number of rotatable bonds is 3. The molecule has 4 rings (SSSR count). The fourth-order valence-corrected chi connectivity index (χ4v) is 4.05. The van der Waals surface area contributed by atoms with Gasteiger partial charge in [-0.3, -0.25) is 4.98 Å². The van der Waals surface area contributed by atoms with Gasteiger partial charge in [0.05, 0.1) is 19.2 Å². The summed E-state index contributed by atoms with van der Waals surface area (Å²) in [6.07, 6.45) is 7.79. The lowest BCUT2D eigenvalue weighted by molar-refractivity contribution is -0.0809. The number of nitrogens with zero attached hydrogens (tertiary/aromatic N) is 3. The van der Waals surface area contributed by atoms with Gasteiger partial charge in [0.15, 0.2) is 0 Å². The second kappa shape index (κ2) is 7.07. The van der Waals surface area contributed by atoms with E-state index in [-0.39, 0.29) is 24.3 Å². The van der Waals surface area contributed by atoms with E-state index in [2.05, 4.69) is 4.98 Å². The van der Waals surface area contributed by atoms with Crippen LogP contribution in [0.4, 0.5) is 4.79 Å². The number of carbonyl (C=O) groups is 1. The predicted molar refractivity (Wildman–Crippen MR) is 88.5 cm³/mol. The van der Waals surface area contributed by atoms with Crippen LogP contribution in [-0.2, 0) is 16.1 Å². The smallest absolute Gasteiger partial charge is 0.320 e. The van der Waals surface area contributed by atoms with Crippen LogP contribution in [0.2, 0.25) is 0 Å². The fourth-order valence-electron chi connectivity index (χ4n) is 4.05. The minimum atomic E-state index is -0.0536. The molecule has 3 saturated heterocycles. The number of aromatic nitrogens is 1. The van der Waals surface area contributed by atoms with Crippen molar-refractivity contribution in [3.05, 3.63) is 30.1 Å². The zero-order valence-corrected chi connectivity index (χ0v) is 14.0. The molecule has 3 aliphatic rings. The maximum Gasteiger partial charge on any atom is 0.320 e. The summed E-state index contributed by atoms with van der Waals surface area (Å²) in [6, 6.07) is 4.25. The molecule has 0 radical (unpaired) electrons. The minimum Gasteiger partial charge on any atom is -0.373 e. The lowest BCUT2D eigenvalue weighted by Gasteiger charge is -2.34. The summed E-state index contributed by atoms with van der Waals surface area (Å²) in [4.78, 5) is 21.0. The van der Waals surface area contributed by atoms with Crippen molar-refractivity contribution in [2.75, 3.05) is 26.2 Å². The maximum absolute atomic E-state index is 12.9. The monoisotopic (exact) mass is 331 g/mol. The predicted octanol–water partition coefficient (Wildman–Crippen LogP) is 2.05. The fraction of sp³-hybridized carbons (Fsp3) is 0.667. The molecule has 0 bridgehead atoms. The molecule has 0 spiro atoms. The van der Waals surface area contributed by atoms with Gasteiger partial charge >= 0.3 is 6.03 Å². The van der Waals surface area contributed by atoms with E-state index >= 15 is 0 Å². The van der Waals surface area contributed by atoms with Crippen molar-refractivity contribution in [1.82, 2.24) is 14.8 Å². The Hall–Kier alpha value is -1.66. The van der Waals surface area contributed by atoms with E-state index in [1.54, 1.807) is 6.20 Å². The Bertz CT molecular complexity index is 562. The molecule has 3 aliphatic heterocycles. The van der Waals surface area contributed by atoms with Gasteiger partial charge in [-0.05, 0) is 37.3 Å². The zero-order chi connectivity index (χ0) is 16.4. The van der Waals surface area contributed by atoms with E-state index < -0.39 is 0 Å². The van der Waals surface area contributed by atoms with Crippen molar-refractivity contribution < 1.29 is 14.3 Å². The molecular weight excluding hydrogens is 306 g/mol. The molecule has 0 aliphatic carbocycles. The SMILES string of the molecule is O=C(N1CCCC1)N1C[C@@H](OCc2cccnc2)[C@@H]2OCCC[C@@H]21. The molecule has 4 heterocycles. The number of fused-ring (bicyclic) bond motifs is 1. The highest BCUT2D eigenvalue weighted by Gasteiger charge is 2.47. The highest BCUT2D eigenvalue weighted by molar-refractivity contribution is 5.75. The first-order chi connectivity index (χ1) is 11.8. The summed E-state index contributed by atoms with van der Waals surface area (Å²) in [6.45, 7) is 3.67. The number of hydrogen-bond donors (Lipinski definition) is 0. The summed E-state index contributed by atoms with van der Waals surface area (Å²) < 4.78 is 12.1. The third-order valence-electron chi connectivity index (χ3n) is 5.29. The molecule has 24 heavy (non-hydrogen) atoms. The van der Waals surface area contributed by atoms with E-state index in [9.17, 15) is 4.79 Å². The summed E-state index contributed by atoms with van der Waals surface area (Å²) >= 11 is 0. The third kappa shape index (κ3) is 3.13. The Labute approximate surface area is 142 Å². The molecular formula is C18H25N3O3. The van der Waals surface area contributed by atoms with Gasteiger partial charge < -0.3 is 19.3 Å². The topological polar surface area (TPSA) is 54.9 Å². The molecule has 0 saturated carbocycles. The number of carbonyl (C=O) groups excluding carboxylic acids is 1. The quantitative estimate of drug-likeness (QED) is 0.851. The number of urea groups is 1. The molecule has 1 aromatic rings. The number of amides is 2. The average Bonchev–Trinajstić information content (AvgIpc) is 3.29. The number of likely N-dealkylation sites (tertiary alicyclic amines) is 2. The Balaban J connectivity index is 1.43. The average molecular weight is 331 g/mol. The van der Waals surface area contributed by atoms with E-state index in [0.717, 1.165) is 50.9 Å². The van der Waals surface area contributed by atoms with Gasteiger partial charge in [-0.2, -0.15) is 0 Å². The minimum absolute atomic E-state index is 0.00183. The molecule has 0 aromatic carbocycles. The maximum atomic E-state index is 12.9. The van der Waals surface area contributed by atoms with Gasteiger partial charge in [0.1, 0.15) is 12.2 Å². The third-order valence-corrected chi connectivity index (χ3v) is 5.29. The van der Waals surface area contributed by atoms with Gasteiger partial charge in [0.25, 0.3) is 0 Å². The van der Waals surface area contributed by atoms with E-state index in [1.807, 2.05) is 28.1 Å². The first-order valence-corrected chi connectivity index (χ1v) is 9.00. The Morgan fingerprint density at radius 1 is 1.33 bits per heavy atom. The van der Waals surface area contributed by atoms with Crippen LogP contribution in [0.3, 0.4) is 0 Å². The number of pyridine rings is 1. The molecule has 6 heteroatoms. The Morgan fingerprint density at radius 2 is 2.21 bits per heavy atom. The molecule has 130 valence electrons. The van der Waals surface area contributed by atoms with Gasteiger partial charge in [0.2, 0.25) is 0 Å². The van der Waals surface area contributed by atoms with Crippen LogP contribution in [0.15, 0.2) is 24.5 Å². The first-order valence-electron chi connectivity index (χ1n) is 9.00. The van der Waals surface area contributed by atoms with Gasteiger partial charge in [-0.15, -0.1) is 0 Å². The van der Waals surface area contributed by atoms with Crippen LogP contribution >= 0.6 is 0 Å². The van der Waals surface area contributed by atoms with Crippen LogP contribution in [-0.4, -0.2) is 65.3 Å². The van der Waals surface area contributed by atoms with E-state index in [0.29, 0.717) is 13.2 Å². The molecule has 2 amide bonds. The van der Waals surface area contributed by atoms with Crippen LogP contribution in [0.1, 0.15) is 31.2 Å². The number of ether oxygens (including phenoxy) is 2. The second-order valence-electron chi connectivity index (χ2n) is 6.88. The molecule has 3 fully saturated rings. The largest absolute Gasteiger partial charge is 0.373 e. The highest BCUT2D eigenvalue weighted by Crippen LogP contribution is 2.32. The molecule has 1 aromatic heterocycles. The molecule has 3 atom stereocenters. The lowest BCUT2D eigenvalue weighted by Crippen LogP contribution is -2.48. The zero-order valence-electron chi connectivity index (χ0n) is 14.0. The van der Waals surface area contributed by atoms with Crippen LogP contribution in [0, 0.1) is 0 Å². The van der Waals surface area contributed by atoms with Gasteiger partial charge in [0, 0.05) is 32.1 Å². The van der Waals surface area contributed by atoms with Gasteiger partial charge in [-0.1, -0.05) is 6.07 Å². The van der Waals surface area contributed by atoms with E-state index in [4.69, 9.17) is 9.47 Å². The van der Waals surface area contributed by atoms with Crippen molar-refractivity contribution >= 4 is 6.03 Å². The van der Waals surface area contributed by atoms with Crippen LogP contribution in [0.25, 0.3) is 0 Å². The standard InChI is InChI=1S/C18H25N3O3/c22-18(20-8-1-2-9-20)21-12-16(17-15(21)6-4-10-23-17)24-13-14-5-3-7-19-11-14/h3,5,7,11,15-17H,1-2,4,6,8-10,12-13H2/t15-,16+,17+/m0/s1. The first kappa shape index (κ1) is 15.8. The number of hydrogen-bond acceptors (Lipinski definition) is 4. The van der Waals surface area contributed by atoms with Crippen molar-refractivity contribution in [3.8, 4) is 0 Å². The molecule has 0 N–H and O–H groups in total. The van der Waals surface area contributed by atoms with Crippen molar-refractivity contribution in [1.29, 1.82) is 0 Å². The van der Waals surface area contributed by atoms with Gasteiger partial charge in [-0.25, -0.2) is 4.79 Å². The highest BCUT2D eigenvalue weighted by atomic mass is 16.5. The summed E-state index contributed by atoms with van der Waals surface area (Å²) in [5, 5.41) is 0. The molecule has 6 nitrogen and oxygen atoms in total. The van der Waals surface area contributed by atoms with Crippen molar-refractivity contribution in [3.63, 3.8) is 0 Å². The van der Waals surface area contributed by atoms with Crippen LogP contribution in [0.5, 0.6) is 0 Å². The molecule has 0 unspecified atom stereocenters. The Kier molecular flexibility index (Phi) is 4.67. The lowest BCUT2D eigenvalue weighted by atomic mass is 10.0. The second-order valence-corrected chi connectivity index (χ2v) is 6.88. The summed E-state index contributed by atoms with van der Waals surface area (Å²) in [7, 11) is 0. The summed E-state index contributed by atoms with van der Waals surface area (Å²) in [5.74, 6) is 0. The van der Waals surface area contributed by atoms with E-state index in [1.165, 1.54) is 0 Å². The normalized spacial score (nSPS) is 29.8. The van der Waals surface area contributed by atoms with Crippen molar-refractivity contribution in [2.45, 2.75) is 50.5 Å². The van der Waals surface area contributed by atoms with Crippen LogP contribution < -0.4 is 0 Å². The van der Waals surface area contributed by atoms with Crippen molar-refractivity contribution in [2.24, 2.45) is 0 Å². The Morgan fingerprint density at radius 3 is 3.00 bits per heavy atom. The summed E-state index contributed by atoms with van der Waals surface area (Å²) in [5.41, 5.74) is 1.05.